The number of carboxylic acids is 1. The fraction of sp³-hybridized carbons (Fsp3) is 0.0625. The Balaban J connectivity index is 2.25. The van der Waals surface area contributed by atoms with Crippen LogP contribution in [-0.2, 0) is 6.18 Å². The van der Waals surface area contributed by atoms with Crippen LogP contribution in [0.5, 0.6) is 5.75 Å². The van der Waals surface area contributed by atoms with E-state index >= 15 is 0 Å². The zero-order valence-corrected chi connectivity index (χ0v) is 11.4. The zero-order chi connectivity index (χ0) is 16.8. The van der Waals surface area contributed by atoms with Crippen molar-refractivity contribution in [3.63, 3.8) is 0 Å². The number of aromatic carboxylic acids is 1. The van der Waals surface area contributed by atoms with Crippen LogP contribution < -0.4 is 0 Å². The van der Waals surface area contributed by atoms with Crippen LogP contribution in [0.4, 0.5) is 13.2 Å². The van der Waals surface area contributed by atoms with Crippen molar-refractivity contribution < 1.29 is 32.6 Å². The molecule has 118 valence electrons. The van der Waals surface area contributed by atoms with Gasteiger partial charge in [-0.2, -0.15) is 13.2 Å². The van der Waals surface area contributed by atoms with Gasteiger partial charge in [0, 0.05) is 10.9 Å². The van der Waals surface area contributed by atoms with Gasteiger partial charge in [0.15, 0.2) is 0 Å². The molecule has 1 heterocycles. The first-order valence-electron chi connectivity index (χ1n) is 6.42. The van der Waals surface area contributed by atoms with Crippen molar-refractivity contribution in [1.82, 2.24) is 0 Å². The van der Waals surface area contributed by atoms with E-state index in [0.717, 1.165) is 24.3 Å². The molecule has 23 heavy (non-hydrogen) atoms. The summed E-state index contributed by atoms with van der Waals surface area (Å²) < 4.78 is 44.3. The molecule has 2 aromatic carbocycles. The Bertz CT molecular complexity index is 909. The molecule has 0 radical (unpaired) electrons. The highest BCUT2D eigenvalue weighted by Gasteiger charge is 2.32. The standard InChI is InChI=1S/C16H9F3O4/c17-16(18,19)10-5-9-3-4-23-14(9)12(7-10)8-1-2-11(15(21)22)13(20)6-8/h1-7,20H,(H,21,22). The molecule has 4 nitrogen and oxygen atoms in total. The summed E-state index contributed by atoms with van der Waals surface area (Å²) in [5.74, 6) is -1.87. The average Bonchev–Trinajstić information content (AvgIpc) is 2.93. The molecule has 1 aromatic heterocycles. The highest BCUT2D eigenvalue weighted by Crippen LogP contribution is 2.38. The Kier molecular flexibility index (Phi) is 3.28. The molecule has 0 bridgehead atoms. The number of hydrogen-bond donors (Lipinski definition) is 2. The Morgan fingerprint density at radius 1 is 1.09 bits per heavy atom. The van der Waals surface area contributed by atoms with E-state index in [2.05, 4.69) is 0 Å². The van der Waals surface area contributed by atoms with E-state index < -0.39 is 23.5 Å². The second-order valence-corrected chi connectivity index (χ2v) is 4.90. The van der Waals surface area contributed by atoms with Gasteiger partial charge in [-0.3, -0.25) is 0 Å². The Morgan fingerprint density at radius 2 is 1.83 bits per heavy atom. The smallest absolute Gasteiger partial charge is 0.416 e. The fourth-order valence-corrected chi connectivity index (χ4v) is 2.34. The number of alkyl halides is 3. The van der Waals surface area contributed by atoms with Gasteiger partial charge in [0.25, 0.3) is 0 Å². The Morgan fingerprint density at radius 3 is 2.43 bits per heavy atom. The molecule has 0 saturated heterocycles. The van der Waals surface area contributed by atoms with Crippen LogP contribution in [0.1, 0.15) is 15.9 Å². The summed E-state index contributed by atoms with van der Waals surface area (Å²) in [5, 5.41) is 18.9. The lowest BCUT2D eigenvalue weighted by molar-refractivity contribution is -0.137. The van der Waals surface area contributed by atoms with Crippen LogP contribution in [0.3, 0.4) is 0 Å². The molecule has 0 unspecified atom stereocenters. The second-order valence-electron chi connectivity index (χ2n) is 4.90. The summed E-state index contributed by atoms with van der Waals surface area (Å²) in [7, 11) is 0. The summed E-state index contributed by atoms with van der Waals surface area (Å²) in [6.07, 6.45) is -3.27. The number of fused-ring (bicyclic) bond motifs is 1. The minimum atomic E-state index is -4.54. The lowest BCUT2D eigenvalue weighted by atomic mass is 9.98. The third kappa shape index (κ3) is 2.61. The molecule has 0 atom stereocenters. The van der Waals surface area contributed by atoms with Gasteiger partial charge in [0.1, 0.15) is 16.9 Å². The van der Waals surface area contributed by atoms with Gasteiger partial charge in [-0.05, 0) is 35.9 Å². The van der Waals surface area contributed by atoms with Gasteiger partial charge in [-0.25, -0.2) is 4.79 Å². The van der Waals surface area contributed by atoms with E-state index in [0.29, 0.717) is 0 Å². The van der Waals surface area contributed by atoms with Crippen molar-refractivity contribution in [1.29, 1.82) is 0 Å². The summed E-state index contributed by atoms with van der Waals surface area (Å²) >= 11 is 0. The number of carboxylic acid groups (broad SMARTS) is 1. The molecule has 0 fully saturated rings. The van der Waals surface area contributed by atoms with E-state index in [-0.39, 0.29) is 27.7 Å². The van der Waals surface area contributed by atoms with E-state index in [9.17, 15) is 23.1 Å². The first kappa shape index (κ1) is 15.0. The monoisotopic (exact) mass is 322 g/mol. The molecule has 3 rings (SSSR count). The minimum Gasteiger partial charge on any atom is -0.507 e. The predicted octanol–water partition coefficient (Wildman–Crippen LogP) is 4.52. The number of phenols is 1. The largest absolute Gasteiger partial charge is 0.507 e. The van der Waals surface area contributed by atoms with Gasteiger partial charge in [0.2, 0.25) is 0 Å². The summed E-state index contributed by atoms with van der Waals surface area (Å²) in [5.41, 5.74) is -0.634. The molecule has 0 aliphatic carbocycles. The molecule has 2 N–H and O–H groups in total. The SMILES string of the molecule is O=C(O)c1ccc(-c2cc(C(F)(F)F)cc3ccoc23)cc1O. The maximum absolute atomic E-state index is 13.0. The molecule has 7 heteroatoms. The molecular formula is C16H9F3O4. The van der Waals surface area contributed by atoms with Crippen molar-refractivity contribution in [2.24, 2.45) is 0 Å². The lowest BCUT2D eigenvalue weighted by Crippen LogP contribution is -2.05. The van der Waals surface area contributed by atoms with Crippen LogP contribution in [0, 0.1) is 0 Å². The van der Waals surface area contributed by atoms with Gasteiger partial charge in [0.05, 0.1) is 11.8 Å². The van der Waals surface area contributed by atoms with Crippen molar-refractivity contribution >= 4 is 16.9 Å². The second kappa shape index (κ2) is 5.05. The third-order valence-corrected chi connectivity index (χ3v) is 3.42. The van der Waals surface area contributed by atoms with E-state index in [1.165, 1.54) is 18.4 Å². The first-order chi connectivity index (χ1) is 10.8. The third-order valence-electron chi connectivity index (χ3n) is 3.42. The average molecular weight is 322 g/mol. The Labute approximate surface area is 127 Å². The van der Waals surface area contributed by atoms with E-state index in [1.807, 2.05) is 0 Å². The molecule has 0 saturated carbocycles. The van der Waals surface area contributed by atoms with Crippen molar-refractivity contribution in [2.75, 3.05) is 0 Å². The highest BCUT2D eigenvalue weighted by molar-refractivity contribution is 5.96. The maximum atomic E-state index is 13.0. The van der Waals surface area contributed by atoms with Crippen LogP contribution in [0.25, 0.3) is 22.1 Å². The topological polar surface area (TPSA) is 70.7 Å². The van der Waals surface area contributed by atoms with Crippen molar-refractivity contribution in [2.45, 2.75) is 6.18 Å². The molecule has 0 amide bonds. The first-order valence-corrected chi connectivity index (χ1v) is 6.42. The van der Waals surface area contributed by atoms with E-state index in [4.69, 9.17) is 9.52 Å². The number of hydrogen-bond acceptors (Lipinski definition) is 3. The number of rotatable bonds is 2. The quantitative estimate of drug-likeness (QED) is 0.727. The van der Waals surface area contributed by atoms with Crippen molar-refractivity contribution in [3.05, 3.63) is 53.8 Å². The van der Waals surface area contributed by atoms with Crippen molar-refractivity contribution in [3.8, 4) is 16.9 Å². The normalized spacial score (nSPS) is 11.8. The number of benzene rings is 2. The Hall–Kier alpha value is -2.96. The van der Waals surface area contributed by atoms with Gasteiger partial charge in [-0.1, -0.05) is 6.07 Å². The minimum absolute atomic E-state index is 0.118. The number of halogens is 3. The highest BCUT2D eigenvalue weighted by atomic mass is 19.4. The summed E-state index contributed by atoms with van der Waals surface area (Å²) in [4.78, 5) is 10.9. The summed E-state index contributed by atoms with van der Waals surface area (Å²) in [6, 6.07) is 6.82. The van der Waals surface area contributed by atoms with Gasteiger partial charge >= 0.3 is 12.1 Å². The van der Waals surface area contributed by atoms with Crippen LogP contribution in [0.15, 0.2) is 47.1 Å². The van der Waals surface area contributed by atoms with Gasteiger partial charge in [-0.15, -0.1) is 0 Å². The maximum Gasteiger partial charge on any atom is 0.416 e. The van der Waals surface area contributed by atoms with Gasteiger partial charge < -0.3 is 14.6 Å². The summed E-state index contributed by atoms with van der Waals surface area (Å²) in [6.45, 7) is 0. The number of aromatic hydroxyl groups is 1. The molecule has 0 aliphatic heterocycles. The van der Waals surface area contributed by atoms with Crippen LogP contribution in [0.2, 0.25) is 0 Å². The lowest BCUT2D eigenvalue weighted by Gasteiger charge is -2.11. The predicted molar refractivity (Wildman–Crippen MR) is 75.3 cm³/mol. The number of furan rings is 1. The molecule has 0 spiro atoms. The molecule has 3 aromatic rings. The zero-order valence-electron chi connectivity index (χ0n) is 11.4. The number of carbonyl (C=O) groups is 1. The molecular weight excluding hydrogens is 313 g/mol. The molecule has 0 aliphatic rings. The van der Waals surface area contributed by atoms with E-state index in [1.54, 1.807) is 0 Å². The van der Waals surface area contributed by atoms with Crippen LogP contribution in [-0.4, -0.2) is 16.2 Å². The fourth-order valence-electron chi connectivity index (χ4n) is 2.34. The van der Waals surface area contributed by atoms with Crippen LogP contribution >= 0.6 is 0 Å².